The molecule has 0 N–H and O–H groups in total. The van der Waals surface area contributed by atoms with Gasteiger partial charge in [0.2, 0.25) is 0 Å². The molecule has 24 heavy (non-hydrogen) atoms. The summed E-state index contributed by atoms with van der Waals surface area (Å²) in [4.78, 5) is 16.9. The van der Waals surface area contributed by atoms with Crippen molar-refractivity contribution in [2.24, 2.45) is 7.05 Å². The second-order valence-corrected chi connectivity index (χ2v) is 5.37. The summed E-state index contributed by atoms with van der Waals surface area (Å²) in [5.74, 6) is -0.00421. The van der Waals surface area contributed by atoms with Gasteiger partial charge in [-0.05, 0) is 18.2 Å². The molecule has 0 radical (unpaired) electrons. The van der Waals surface area contributed by atoms with Gasteiger partial charge in [0.1, 0.15) is 17.8 Å². The fourth-order valence-corrected chi connectivity index (χ4v) is 2.76. The first-order chi connectivity index (χ1) is 11.6. The highest BCUT2D eigenvalue weighted by molar-refractivity contribution is 5.82. The van der Waals surface area contributed by atoms with Gasteiger partial charge in [-0.15, -0.1) is 5.10 Å². The molecule has 4 aromatic rings. The smallest absolute Gasteiger partial charge is 0.261 e. The fraction of sp³-hybridized carbons (Fsp3) is 0.200. The molecule has 0 saturated heterocycles. The van der Waals surface area contributed by atoms with Gasteiger partial charge in [0.25, 0.3) is 5.56 Å². The Morgan fingerprint density at radius 1 is 1.33 bits per heavy atom. The van der Waals surface area contributed by atoms with Gasteiger partial charge >= 0.3 is 0 Å². The topological polar surface area (TPSA) is 79.2 Å². The minimum absolute atomic E-state index is 0.285. The SMILES string of the molecule is COCc1cn(-c2ncn3c4ccc(F)cc4c(=O)n(C)c23)nn1. The van der Waals surface area contributed by atoms with Crippen LogP contribution in [0.1, 0.15) is 5.69 Å². The summed E-state index contributed by atoms with van der Waals surface area (Å²) >= 11 is 0. The van der Waals surface area contributed by atoms with Crippen molar-refractivity contribution in [1.82, 2.24) is 28.9 Å². The molecule has 0 atom stereocenters. The number of rotatable bonds is 3. The Hall–Kier alpha value is -3.07. The monoisotopic (exact) mass is 328 g/mol. The fourth-order valence-electron chi connectivity index (χ4n) is 2.76. The van der Waals surface area contributed by atoms with Crippen molar-refractivity contribution in [2.75, 3.05) is 7.11 Å². The molecule has 3 heterocycles. The van der Waals surface area contributed by atoms with Crippen LogP contribution in [0.5, 0.6) is 0 Å². The first kappa shape index (κ1) is 14.5. The van der Waals surface area contributed by atoms with Crippen molar-refractivity contribution in [2.45, 2.75) is 6.61 Å². The molecule has 9 heteroatoms. The normalized spacial score (nSPS) is 11.6. The molecule has 0 bridgehead atoms. The summed E-state index contributed by atoms with van der Waals surface area (Å²) in [5.41, 5.74) is 1.45. The van der Waals surface area contributed by atoms with Gasteiger partial charge in [-0.25, -0.2) is 9.37 Å². The molecule has 0 aliphatic heterocycles. The first-order valence-electron chi connectivity index (χ1n) is 7.16. The molecular weight excluding hydrogens is 315 g/mol. The van der Waals surface area contributed by atoms with E-state index in [0.717, 1.165) is 0 Å². The number of imidazole rings is 1. The van der Waals surface area contributed by atoms with Crippen LogP contribution in [0.3, 0.4) is 0 Å². The summed E-state index contributed by atoms with van der Waals surface area (Å²) in [6.45, 7) is 0.326. The maximum Gasteiger partial charge on any atom is 0.261 e. The number of hydrogen-bond donors (Lipinski definition) is 0. The summed E-state index contributed by atoms with van der Waals surface area (Å²) in [5, 5.41) is 8.31. The number of methoxy groups -OCH3 is 1. The molecule has 122 valence electrons. The largest absolute Gasteiger partial charge is 0.378 e. The Kier molecular flexibility index (Phi) is 3.17. The Labute approximate surface area is 134 Å². The minimum Gasteiger partial charge on any atom is -0.378 e. The van der Waals surface area contributed by atoms with Crippen LogP contribution in [0.2, 0.25) is 0 Å². The van der Waals surface area contributed by atoms with Crippen LogP contribution in [-0.4, -0.2) is 36.1 Å². The van der Waals surface area contributed by atoms with Gasteiger partial charge in [0.05, 0.1) is 23.7 Å². The zero-order chi connectivity index (χ0) is 16.8. The molecule has 4 rings (SSSR count). The molecule has 0 spiro atoms. The van der Waals surface area contributed by atoms with Crippen molar-refractivity contribution in [3.63, 3.8) is 0 Å². The quantitative estimate of drug-likeness (QED) is 0.562. The van der Waals surface area contributed by atoms with Gasteiger partial charge in [-0.2, -0.15) is 4.68 Å². The van der Waals surface area contributed by atoms with Crippen LogP contribution < -0.4 is 5.56 Å². The third-order valence-corrected chi connectivity index (χ3v) is 3.84. The average Bonchev–Trinajstić information content (AvgIpc) is 3.19. The van der Waals surface area contributed by atoms with E-state index >= 15 is 0 Å². The second-order valence-electron chi connectivity index (χ2n) is 5.37. The van der Waals surface area contributed by atoms with Crippen LogP contribution in [-0.2, 0) is 18.4 Å². The number of fused-ring (bicyclic) bond motifs is 3. The summed E-state index contributed by atoms with van der Waals surface area (Å²) in [7, 11) is 3.18. The third-order valence-electron chi connectivity index (χ3n) is 3.84. The molecule has 3 aromatic heterocycles. The lowest BCUT2D eigenvalue weighted by molar-refractivity contribution is 0.181. The van der Waals surface area contributed by atoms with Crippen LogP contribution >= 0.6 is 0 Å². The van der Waals surface area contributed by atoms with Gasteiger partial charge < -0.3 is 4.74 Å². The van der Waals surface area contributed by atoms with Crippen molar-refractivity contribution in [3.8, 4) is 5.82 Å². The van der Waals surface area contributed by atoms with E-state index < -0.39 is 5.82 Å². The van der Waals surface area contributed by atoms with E-state index in [1.165, 1.54) is 21.4 Å². The summed E-state index contributed by atoms with van der Waals surface area (Å²) in [6, 6.07) is 4.10. The predicted octanol–water partition coefficient (Wildman–Crippen LogP) is 1.05. The molecular formula is C15H13FN6O2. The molecule has 0 aliphatic rings. The van der Waals surface area contributed by atoms with E-state index in [1.807, 2.05) is 0 Å². The van der Waals surface area contributed by atoms with E-state index in [1.54, 1.807) is 37.1 Å². The number of halogens is 1. The van der Waals surface area contributed by atoms with E-state index in [4.69, 9.17) is 4.74 Å². The maximum atomic E-state index is 13.5. The highest BCUT2D eigenvalue weighted by atomic mass is 19.1. The lowest BCUT2D eigenvalue weighted by atomic mass is 10.2. The van der Waals surface area contributed by atoms with Crippen LogP contribution in [0.15, 0.2) is 35.5 Å². The molecule has 8 nitrogen and oxygen atoms in total. The van der Waals surface area contributed by atoms with E-state index in [-0.39, 0.29) is 10.9 Å². The van der Waals surface area contributed by atoms with E-state index in [2.05, 4.69) is 15.3 Å². The van der Waals surface area contributed by atoms with Crippen LogP contribution in [0.25, 0.3) is 22.4 Å². The zero-order valence-corrected chi connectivity index (χ0v) is 13.0. The van der Waals surface area contributed by atoms with Crippen molar-refractivity contribution >= 4 is 16.6 Å². The number of ether oxygens (including phenoxy) is 1. The van der Waals surface area contributed by atoms with E-state index in [0.29, 0.717) is 29.3 Å². The molecule has 0 unspecified atom stereocenters. The van der Waals surface area contributed by atoms with Crippen molar-refractivity contribution in [1.29, 1.82) is 0 Å². The lowest BCUT2D eigenvalue weighted by Gasteiger charge is -2.08. The van der Waals surface area contributed by atoms with Gasteiger partial charge in [-0.3, -0.25) is 13.8 Å². The number of nitrogens with zero attached hydrogens (tertiary/aromatic N) is 6. The van der Waals surface area contributed by atoms with Gasteiger partial charge in [0, 0.05) is 14.2 Å². The maximum absolute atomic E-state index is 13.5. The number of aromatic nitrogens is 6. The zero-order valence-electron chi connectivity index (χ0n) is 13.0. The number of aryl methyl sites for hydroxylation is 1. The highest BCUT2D eigenvalue weighted by Crippen LogP contribution is 2.19. The van der Waals surface area contributed by atoms with Crippen molar-refractivity contribution < 1.29 is 9.13 Å². The van der Waals surface area contributed by atoms with Gasteiger partial charge in [0.15, 0.2) is 11.5 Å². The van der Waals surface area contributed by atoms with E-state index in [9.17, 15) is 9.18 Å². The van der Waals surface area contributed by atoms with Crippen LogP contribution in [0, 0.1) is 5.82 Å². The molecule has 1 aromatic carbocycles. The number of hydrogen-bond acceptors (Lipinski definition) is 5. The Balaban J connectivity index is 2.03. The standard InChI is InChI=1S/C15H13FN6O2/c1-20-14-13(22-6-10(7-24-2)18-19-22)17-8-21(14)12-4-3-9(16)5-11(12)15(20)23/h3-6,8H,7H2,1-2H3. The molecule has 0 saturated carbocycles. The average molecular weight is 328 g/mol. The molecule has 0 fully saturated rings. The molecule has 0 aliphatic carbocycles. The number of benzene rings is 1. The third kappa shape index (κ3) is 2.02. The Morgan fingerprint density at radius 3 is 2.96 bits per heavy atom. The highest BCUT2D eigenvalue weighted by Gasteiger charge is 2.16. The summed E-state index contributed by atoms with van der Waals surface area (Å²) < 4.78 is 23.1. The van der Waals surface area contributed by atoms with Crippen molar-refractivity contribution in [3.05, 3.63) is 52.6 Å². The summed E-state index contributed by atoms with van der Waals surface area (Å²) in [6.07, 6.45) is 3.26. The van der Waals surface area contributed by atoms with Crippen LogP contribution in [0.4, 0.5) is 4.39 Å². The predicted molar refractivity (Wildman–Crippen MR) is 83.5 cm³/mol. The lowest BCUT2D eigenvalue weighted by Crippen LogP contribution is -2.20. The Bertz CT molecular complexity index is 1130. The first-order valence-corrected chi connectivity index (χ1v) is 7.16. The Morgan fingerprint density at radius 2 is 2.17 bits per heavy atom. The molecule has 0 amide bonds. The second kappa shape index (κ2) is 5.24. The minimum atomic E-state index is -0.459. The van der Waals surface area contributed by atoms with Gasteiger partial charge in [-0.1, -0.05) is 5.21 Å².